The van der Waals surface area contributed by atoms with Crippen molar-refractivity contribution in [3.63, 3.8) is 0 Å². The molecule has 1 rings (SSSR count). The van der Waals surface area contributed by atoms with Gasteiger partial charge < -0.3 is 37.8 Å². The summed E-state index contributed by atoms with van der Waals surface area (Å²) in [5, 5.41) is 19.0. The molecule has 4 amide bonds. The topological polar surface area (TPSA) is 221 Å². The number of aliphatic carboxylic acids is 1. The molecule has 216 valence electrons. The molecule has 0 unspecified atom stereocenters. The molecule has 0 aromatic rings. The molecule has 2 atom stereocenters. The molecule has 1 aliphatic heterocycles. The summed E-state index contributed by atoms with van der Waals surface area (Å²) in [5.41, 5.74) is 10.6. The van der Waals surface area contributed by atoms with Gasteiger partial charge in [-0.25, -0.2) is 0 Å². The fourth-order valence-corrected chi connectivity index (χ4v) is 5.49. The molecule has 1 heterocycles. The number of carboxylic acids is 1. The lowest BCUT2D eigenvalue weighted by atomic mass is 10.1. The van der Waals surface area contributed by atoms with Crippen molar-refractivity contribution in [2.45, 2.75) is 37.8 Å². The maximum absolute atomic E-state index is 12.9. The zero-order chi connectivity index (χ0) is 28.3. The molecule has 1 aliphatic rings. The average Bonchev–Trinajstić information content (AvgIpc) is 3.12. The Hall–Kier alpha value is -2.37. The van der Waals surface area contributed by atoms with Gasteiger partial charge in [-0.1, -0.05) is 21.6 Å². The molecule has 9 N–H and O–H groups in total. The number of rotatable bonds is 17. The molecule has 14 nitrogen and oxygen atoms in total. The van der Waals surface area contributed by atoms with E-state index in [2.05, 4.69) is 38.9 Å². The number of nitrogens with one attached hydrogen (secondary N) is 4. The number of nitrogens with two attached hydrogens (primary N) is 2. The standard InChI is InChI=1S/C21H38N8O6S3/c22-21(23)25-4-2-1-3-14(27-17(31)13-29-6-9-37-38-10-7-29)19(34)26-12-16(30)28-15(11-18(32)33)20(35)24-5-8-36/h14-15,36H,1-13H2,(H,24,35)(H,26,34)(H,27,31)(H,28,30)(H,32,33)(H4,22,23,25)/t14-,15+/m1/s1. The van der Waals surface area contributed by atoms with Gasteiger partial charge in [-0.2, -0.15) is 12.6 Å². The van der Waals surface area contributed by atoms with E-state index in [0.29, 0.717) is 31.6 Å². The van der Waals surface area contributed by atoms with E-state index in [4.69, 9.17) is 16.6 Å². The highest BCUT2D eigenvalue weighted by atomic mass is 33.1. The predicted octanol–water partition coefficient (Wildman–Crippen LogP) is -2.27. The van der Waals surface area contributed by atoms with Gasteiger partial charge in [0, 0.05) is 43.4 Å². The summed E-state index contributed by atoms with van der Waals surface area (Å²) in [7, 11) is 3.51. The second kappa shape index (κ2) is 19.7. The van der Waals surface area contributed by atoms with Crippen LogP contribution in [0.5, 0.6) is 0 Å². The number of hydrogen-bond acceptors (Lipinski definition) is 10. The Labute approximate surface area is 235 Å². The van der Waals surface area contributed by atoms with E-state index in [1.54, 1.807) is 21.6 Å². The number of aliphatic imine (C=N–C) groups is 1. The molecule has 0 bridgehead atoms. The van der Waals surface area contributed by atoms with Crippen molar-refractivity contribution >= 4 is 69.8 Å². The van der Waals surface area contributed by atoms with Crippen LogP contribution in [0.2, 0.25) is 0 Å². The van der Waals surface area contributed by atoms with Crippen LogP contribution in [0.4, 0.5) is 0 Å². The van der Waals surface area contributed by atoms with Crippen LogP contribution in [-0.2, 0) is 24.0 Å². The first-order valence-electron chi connectivity index (χ1n) is 12.1. The van der Waals surface area contributed by atoms with E-state index in [-0.39, 0.29) is 25.0 Å². The van der Waals surface area contributed by atoms with Gasteiger partial charge >= 0.3 is 5.97 Å². The zero-order valence-corrected chi connectivity index (χ0v) is 23.7. The third-order valence-corrected chi connectivity index (χ3v) is 7.73. The fourth-order valence-electron chi connectivity index (χ4n) is 3.32. The van der Waals surface area contributed by atoms with Gasteiger partial charge in [-0.15, -0.1) is 0 Å². The number of carboxylic acid groups (broad SMARTS) is 1. The first kappa shape index (κ1) is 33.7. The van der Waals surface area contributed by atoms with Crippen molar-refractivity contribution in [3.05, 3.63) is 0 Å². The van der Waals surface area contributed by atoms with Gasteiger partial charge in [-0.05, 0) is 19.3 Å². The van der Waals surface area contributed by atoms with Gasteiger partial charge in [-0.3, -0.25) is 33.9 Å². The number of carbonyl (C=O) groups is 5. The SMILES string of the molecule is NC(N)=NCCCC[C@@H](NC(=O)CN1CCSSCC1)C(=O)NCC(=O)N[C@@H](CC(=O)O)C(=O)NCCS. The molecular formula is C21H38N8O6S3. The minimum Gasteiger partial charge on any atom is -0.481 e. The van der Waals surface area contributed by atoms with Crippen LogP contribution in [0.25, 0.3) is 0 Å². The number of hydrogen-bond donors (Lipinski definition) is 8. The third kappa shape index (κ3) is 15.8. The van der Waals surface area contributed by atoms with Crippen molar-refractivity contribution in [3.8, 4) is 0 Å². The highest BCUT2D eigenvalue weighted by molar-refractivity contribution is 8.76. The number of nitrogens with zero attached hydrogens (tertiary/aromatic N) is 2. The summed E-state index contributed by atoms with van der Waals surface area (Å²) in [6.07, 6.45) is 0.778. The molecule has 1 saturated heterocycles. The van der Waals surface area contributed by atoms with Crippen molar-refractivity contribution in [1.29, 1.82) is 0 Å². The lowest BCUT2D eigenvalue weighted by Crippen LogP contribution is -2.53. The van der Waals surface area contributed by atoms with E-state index < -0.39 is 48.7 Å². The van der Waals surface area contributed by atoms with Gasteiger partial charge in [0.25, 0.3) is 0 Å². The molecule has 0 aliphatic carbocycles. The summed E-state index contributed by atoms with van der Waals surface area (Å²) in [6, 6.07) is -2.22. The molecule has 0 radical (unpaired) electrons. The fraction of sp³-hybridized carbons (Fsp3) is 0.714. The van der Waals surface area contributed by atoms with Crippen LogP contribution in [0.3, 0.4) is 0 Å². The Kier molecular flexibility index (Phi) is 17.4. The zero-order valence-electron chi connectivity index (χ0n) is 21.1. The molecule has 0 saturated carbocycles. The Morgan fingerprint density at radius 3 is 2.18 bits per heavy atom. The molecule has 0 aromatic carbocycles. The molecule has 38 heavy (non-hydrogen) atoms. The maximum atomic E-state index is 12.9. The molecular weight excluding hydrogens is 556 g/mol. The van der Waals surface area contributed by atoms with Crippen molar-refractivity contribution in [2.24, 2.45) is 16.5 Å². The summed E-state index contributed by atoms with van der Waals surface area (Å²) >= 11 is 3.97. The minimum absolute atomic E-state index is 0.0344. The second-order valence-electron chi connectivity index (χ2n) is 8.29. The van der Waals surface area contributed by atoms with Gasteiger partial charge in [0.15, 0.2) is 5.96 Å². The van der Waals surface area contributed by atoms with Crippen LogP contribution in [0.1, 0.15) is 25.7 Å². The number of unbranched alkanes of at least 4 members (excludes halogenated alkanes) is 1. The predicted molar refractivity (Wildman–Crippen MR) is 152 cm³/mol. The third-order valence-electron chi connectivity index (χ3n) is 5.14. The highest BCUT2D eigenvalue weighted by Crippen LogP contribution is 2.23. The number of guanidine groups is 1. The van der Waals surface area contributed by atoms with E-state index in [1.807, 2.05) is 4.90 Å². The lowest BCUT2D eigenvalue weighted by Gasteiger charge is -2.22. The molecule has 0 aromatic heterocycles. The summed E-state index contributed by atoms with van der Waals surface area (Å²) < 4.78 is 0. The van der Waals surface area contributed by atoms with Crippen molar-refractivity contribution < 1.29 is 29.1 Å². The molecule has 0 spiro atoms. The van der Waals surface area contributed by atoms with E-state index in [9.17, 15) is 24.0 Å². The van der Waals surface area contributed by atoms with E-state index in [0.717, 1.165) is 24.6 Å². The lowest BCUT2D eigenvalue weighted by molar-refractivity contribution is -0.140. The van der Waals surface area contributed by atoms with E-state index in [1.165, 1.54) is 0 Å². The number of amides is 4. The summed E-state index contributed by atoms with van der Waals surface area (Å²) in [5.74, 6) is -1.47. The number of thiol groups is 1. The van der Waals surface area contributed by atoms with Crippen LogP contribution in [0, 0.1) is 0 Å². The monoisotopic (exact) mass is 594 g/mol. The minimum atomic E-state index is -1.31. The summed E-state index contributed by atoms with van der Waals surface area (Å²) in [4.78, 5) is 67.1. The quantitative estimate of drug-likeness (QED) is 0.0295. The highest BCUT2D eigenvalue weighted by Gasteiger charge is 2.25. The van der Waals surface area contributed by atoms with E-state index >= 15 is 0 Å². The normalized spacial score (nSPS) is 15.3. The van der Waals surface area contributed by atoms with Crippen LogP contribution >= 0.6 is 34.2 Å². The molecule has 17 heteroatoms. The van der Waals surface area contributed by atoms with Gasteiger partial charge in [0.1, 0.15) is 12.1 Å². The first-order valence-corrected chi connectivity index (χ1v) is 15.2. The first-order chi connectivity index (χ1) is 18.1. The smallest absolute Gasteiger partial charge is 0.305 e. The average molecular weight is 595 g/mol. The van der Waals surface area contributed by atoms with Crippen molar-refractivity contribution in [2.75, 3.05) is 56.5 Å². The molecule has 1 fully saturated rings. The van der Waals surface area contributed by atoms with Crippen molar-refractivity contribution in [1.82, 2.24) is 26.2 Å². The van der Waals surface area contributed by atoms with Crippen LogP contribution in [0.15, 0.2) is 4.99 Å². The Bertz CT molecular complexity index is 823. The Morgan fingerprint density at radius 2 is 1.58 bits per heavy atom. The van der Waals surface area contributed by atoms with Crippen LogP contribution < -0.4 is 32.7 Å². The summed E-state index contributed by atoms with van der Waals surface area (Å²) in [6.45, 7) is 1.74. The Balaban J connectivity index is 2.70. The maximum Gasteiger partial charge on any atom is 0.305 e. The van der Waals surface area contributed by atoms with Gasteiger partial charge in [0.05, 0.1) is 19.5 Å². The Morgan fingerprint density at radius 1 is 0.947 bits per heavy atom. The van der Waals surface area contributed by atoms with Crippen LogP contribution in [-0.4, -0.2) is 114 Å². The van der Waals surface area contributed by atoms with Gasteiger partial charge in [0.2, 0.25) is 23.6 Å². The number of carbonyl (C=O) groups excluding carboxylic acids is 4. The second-order valence-corrected chi connectivity index (χ2v) is 11.4. The largest absolute Gasteiger partial charge is 0.481 e.